The fraction of sp³-hybridized carbons (Fsp3) is 0.603. The van der Waals surface area contributed by atoms with Gasteiger partial charge in [0, 0.05) is 56.4 Å². The van der Waals surface area contributed by atoms with Gasteiger partial charge >= 0.3 is 10.4 Å². The van der Waals surface area contributed by atoms with Crippen molar-refractivity contribution in [3.8, 4) is 0 Å². The van der Waals surface area contributed by atoms with E-state index in [1.54, 1.807) is 85.9 Å². The van der Waals surface area contributed by atoms with E-state index in [0.29, 0.717) is 25.8 Å². The van der Waals surface area contributed by atoms with Crippen LogP contribution in [0.3, 0.4) is 0 Å². The number of aliphatic hydroxyl groups is 11. The standard InChI is InChI=1S/C63H103N3O17S/c1-6-8-10-21-28-46(3)62(79)48(5)58(76)36-22-18-16-14-12-11-13-15-17-19-23-37-60(83-84(80,81)82)47(4)59(77)45-57(75)44-54(72)34-26-33-53(71)43-56(74)42-52(70)32-25-31-50(68)40-49(67)29-24-30-51(69)41-55(73)35-27-39-65-63(64)66-61(78)38-20-9-7-2/h6,11-19,21-26,28-29,32,34,36,46-58,60,62,67-76,79H,1,7-10,20,27,30-31,33,35,37-45H2,2-5H3,(H,80,81,82)(H3,64,65,66,78)/b13-11+,14-12+,17-15+,18-16+,23-19+,28-21+,29-24+,32-25+,34-26+,36-22+. The Balaban J connectivity index is 4.73. The summed E-state index contributed by atoms with van der Waals surface area (Å²) in [7, 11) is -4.95. The largest absolute Gasteiger partial charge is 0.397 e. The molecule has 0 fully saturated rings. The Morgan fingerprint density at radius 1 is 0.583 bits per heavy atom. The van der Waals surface area contributed by atoms with E-state index in [2.05, 4.69) is 16.9 Å². The van der Waals surface area contributed by atoms with Crippen molar-refractivity contribution >= 4 is 28.0 Å². The Labute approximate surface area is 500 Å². The molecule has 0 spiro atoms. The van der Waals surface area contributed by atoms with Crippen molar-refractivity contribution in [3.63, 3.8) is 0 Å². The predicted molar refractivity (Wildman–Crippen MR) is 330 cm³/mol. The van der Waals surface area contributed by atoms with Crippen molar-refractivity contribution < 1.29 is 82.9 Å². The number of rotatable bonds is 48. The van der Waals surface area contributed by atoms with Crippen molar-refractivity contribution in [2.24, 2.45) is 28.5 Å². The van der Waals surface area contributed by atoms with E-state index in [1.165, 1.54) is 37.3 Å². The molecule has 21 heteroatoms. The van der Waals surface area contributed by atoms with Crippen LogP contribution in [0.4, 0.5) is 0 Å². The second-order valence-electron chi connectivity index (χ2n) is 21.3. The van der Waals surface area contributed by atoms with Gasteiger partial charge in [0.25, 0.3) is 0 Å². The maximum atomic E-state index is 13.1. The average Bonchev–Trinajstić information content (AvgIpc) is 3.52. The maximum absolute atomic E-state index is 13.1. The first kappa shape index (κ1) is 79.2. The Morgan fingerprint density at radius 2 is 1.08 bits per heavy atom. The second kappa shape index (κ2) is 48.3. The van der Waals surface area contributed by atoms with Crippen LogP contribution in [0.1, 0.15) is 143 Å². The van der Waals surface area contributed by atoms with E-state index in [1.807, 2.05) is 32.1 Å². The number of Topliss-reactive ketones (excluding diaryl/α,β-unsaturated/α-hetero) is 1. The minimum Gasteiger partial charge on any atom is -0.393 e. The van der Waals surface area contributed by atoms with E-state index < -0.39 is 102 Å². The summed E-state index contributed by atoms with van der Waals surface area (Å²) in [6.07, 6.45) is 27.3. The number of ketones is 1. The number of hydrogen-bond acceptors (Lipinski definition) is 17. The van der Waals surface area contributed by atoms with Gasteiger partial charge in [-0.3, -0.25) is 24.5 Å². The summed E-state index contributed by atoms with van der Waals surface area (Å²) in [4.78, 5) is 29.0. The Bertz CT molecular complexity index is 2240. The zero-order chi connectivity index (χ0) is 63.3. The third kappa shape index (κ3) is 44.6. The number of nitrogens with two attached hydrogens (primary N) is 1. The van der Waals surface area contributed by atoms with Gasteiger partial charge in [0.1, 0.15) is 5.78 Å². The van der Waals surface area contributed by atoms with E-state index in [9.17, 15) is 78.7 Å². The van der Waals surface area contributed by atoms with Crippen molar-refractivity contribution in [3.05, 3.63) is 134 Å². The highest BCUT2D eigenvalue weighted by molar-refractivity contribution is 7.80. The van der Waals surface area contributed by atoms with Crippen LogP contribution in [-0.4, -0.2) is 167 Å². The number of nitrogens with zero attached hydrogens (tertiary/aromatic N) is 1. The molecule has 15 N–H and O–H groups in total. The third-order valence-electron chi connectivity index (χ3n) is 13.3. The number of nitrogens with one attached hydrogen (secondary N) is 1. The minimum absolute atomic E-state index is 0.00272. The summed E-state index contributed by atoms with van der Waals surface area (Å²) < 4.78 is 37.4. The fourth-order valence-corrected chi connectivity index (χ4v) is 8.91. The highest BCUT2D eigenvalue weighted by Gasteiger charge is 2.30. The number of allylic oxidation sites excluding steroid dienone is 12. The molecule has 0 aliphatic heterocycles. The SMILES string of the molecule is C=CCC/C=C/C(C)C(O)C(C)C(O)/C=C/C=C/C=C/C=C/C=C/C=C/CC(OS(=O)(=O)O)C(C)C(=O)CC(O)CC(O)/C=C/CC(O)CC(O)CC(O)/C=C/CC(O)CC(O)/C=C/CC(O)CC(O)CCCN=C(N)NC(=O)CCCCC. The van der Waals surface area contributed by atoms with Crippen LogP contribution < -0.4 is 11.1 Å². The molecule has 15 atom stereocenters. The zero-order valence-corrected chi connectivity index (χ0v) is 50.6. The number of amides is 1. The molecule has 0 radical (unpaired) electrons. The molecule has 20 nitrogen and oxygen atoms in total. The first-order valence-electron chi connectivity index (χ1n) is 29.3. The predicted octanol–water partition coefficient (Wildman–Crippen LogP) is 5.84. The van der Waals surface area contributed by atoms with E-state index >= 15 is 0 Å². The maximum Gasteiger partial charge on any atom is 0.397 e. The van der Waals surface area contributed by atoms with Gasteiger partial charge < -0.3 is 61.9 Å². The molecule has 0 rings (SSSR count). The van der Waals surface area contributed by atoms with Gasteiger partial charge in [0.15, 0.2) is 5.96 Å². The van der Waals surface area contributed by atoms with Gasteiger partial charge in [-0.1, -0.05) is 168 Å². The molecule has 478 valence electrons. The Morgan fingerprint density at radius 3 is 1.62 bits per heavy atom. The van der Waals surface area contributed by atoms with Crippen LogP contribution in [0.25, 0.3) is 0 Å². The van der Waals surface area contributed by atoms with Crippen LogP contribution in [0, 0.1) is 17.8 Å². The van der Waals surface area contributed by atoms with Crippen molar-refractivity contribution in [1.82, 2.24) is 5.32 Å². The van der Waals surface area contributed by atoms with Gasteiger partial charge in [-0.15, -0.1) is 6.58 Å². The van der Waals surface area contributed by atoms with Crippen LogP contribution >= 0.6 is 0 Å². The first-order chi connectivity index (χ1) is 39.8. The molecule has 15 unspecified atom stereocenters. The number of carbonyl (C=O) groups is 2. The fourth-order valence-electron chi connectivity index (χ4n) is 8.36. The van der Waals surface area contributed by atoms with Crippen LogP contribution in [0.5, 0.6) is 0 Å². The lowest BCUT2D eigenvalue weighted by molar-refractivity contribution is -0.127. The lowest BCUT2D eigenvalue weighted by Gasteiger charge is -2.25. The van der Waals surface area contributed by atoms with Gasteiger partial charge in [-0.25, -0.2) is 4.18 Å². The summed E-state index contributed by atoms with van der Waals surface area (Å²) in [5.41, 5.74) is 5.74. The summed E-state index contributed by atoms with van der Waals surface area (Å²) in [5, 5.41) is 117. The van der Waals surface area contributed by atoms with Crippen molar-refractivity contribution in [1.29, 1.82) is 0 Å². The number of hydrogen-bond donors (Lipinski definition) is 14. The van der Waals surface area contributed by atoms with Crippen LogP contribution in [0.2, 0.25) is 0 Å². The first-order valence-corrected chi connectivity index (χ1v) is 30.7. The highest BCUT2D eigenvalue weighted by Crippen LogP contribution is 2.21. The smallest absolute Gasteiger partial charge is 0.393 e. The van der Waals surface area contributed by atoms with Gasteiger partial charge in [-0.2, -0.15) is 8.42 Å². The number of unbranched alkanes of at least 4 members (excludes halogenated alkanes) is 3. The normalized spacial score (nSPS) is 18.8. The molecule has 0 aromatic rings. The molecule has 0 saturated heterocycles. The lowest BCUT2D eigenvalue weighted by atomic mass is 9.88. The Kier molecular flexibility index (Phi) is 45.5. The Hall–Kier alpha value is -4.82. The molecule has 0 aliphatic carbocycles. The third-order valence-corrected chi connectivity index (χ3v) is 13.8. The molecule has 1 amide bonds. The van der Waals surface area contributed by atoms with Crippen LogP contribution in [0.15, 0.2) is 139 Å². The number of carbonyl (C=O) groups excluding carboxylic acids is 2. The number of aliphatic hydroxyl groups excluding tert-OH is 11. The highest BCUT2D eigenvalue weighted by atomic mass is 32.3. The van der Waals surface area contributed by atoms with Gasteiger partial charge in [-0.05, 0) is 70.6 Å². The van der Waals surface area contributed by atoms with Crippen molar-refractivity contribution in [2.45, 2.75) is 217 Å². The van der Waals surface area contributed by atoms with Crippen LogP contribution in [-0.2, 0) is 24.2 Å². The monoisotopic (exact) mass is 1210 g/mol. The number of guanidine groups is 1. The van der Waals surface area contributed by atoms with Gasteiger partial charge in [0.2, 0.25) is 5.91 Å². The molecule has 0 aliphatic rings. The topological polar surface area (TPSA) is 371 Å². The zero-order valence-electron chi connectivity index (χ0n) is 49.8. The molecule has 0 saturated carbocycles. The lowest BCUT2D eigenvalue weighted by Crippen LogP contribution is -2.36. The molecule has 84 heavy (non-hydrogen) atoms. The van der Waals surface area contributed by atoms with E-state index in [0.717, 1.165) is 32.1 Å². The number of aliphatic imine (C=N–C) groups is 1. The van der Waals surface area contributed by atoms with E-state index in [4.69, 9.17) is 9.92 Å². The molecule has 0 aromatic heterocycles. The summed E-state index contributed by atoms with van der Waals surface area (Å²) in [6.45, 7) is 11.1. The molecule has 0 bridgehead atoms. The van der Waals surface area contributed by atoms with Gasteiger partial charge in [0.05, 0.1) is 73.2 Å². The summed E-state index contributed by atoms with van der Waals surface area (Å²) >= 11 is 0. The second-order valence-corrected chi connectivity index (χ2v) is 22.4. The molecular weight excluding hydrogens is 1100 g/mol. The van der Waals surface area contributed by atoms with E-state index in [-0.39, 0.29) is 81.5 Å². The molecular formula is C63H103N3O17S. The summed E-state index contributed by atoms with van der Waals surface area (Å²) in [6, 6.07) is 0. The molecule has 0 aromatic carbocycles. The average molecular weight is 1210 g/mol. The minimum atomic E-state index is -4.95. The quantitative estimate of drug-likeness (QED) is 0.00849. The summed E-state index contributed by atoms with van der Waals surface area (Å²) in [5.74, 6) is -2.31. The molecule has 0 heterocycles. The van der Waals surface area contributed by atoms with Crippen molar-refractivity contribution in [2.75, 3.05) is 6.54 Å².